The number of carbonyl (C=O) groups excluding carboxylic acids is 1. The molecule has 0 saturated carbocycles. The van der Waals surface area contributed by atoms with E-state index in [2.05, 4.69) is 0 Å². The maximum Gasteiger partial charge on any atom is 0.161 e. The van der Waals surface area contributed by atoms with Crippen LogP contribution in [0.4, 0.5) is 0 Å². The molecule has 1 rings (SSSR count). The van der Waals surface area contributed by atoms with Crippen LogP contribution in [0.25, 0.3) is 6.08 Å². The van der Waals surface area contributed by atoms with Crippen molar-refractivity contribution in [2.24, 2.45) is 0 Å². The van der Waals surface area contributed by atoms with Crippen molar-refractivity contribution in [2.75, 3.05) is 20.3 Å². The molecule has 0 aliphatic heterocycles. The first-order valence-corrected chi connectivity index (χ1v) is 5.43. The maximum absolute atomic E-state index is 10.2. The van der Waals surface area contributed by atoms with E-state index in [-0.39, 0.29) is 13.2 Å². The van der Waals surface area contributed by atoms with Crippen LogP contribution in [0, 0.1) is 0 Å². The van der Waals surface area contributed by atoms with Gasteiger partial charge in [0.1, 0.15) is 12.4 Å². The van der Waals surface area contributed by atoms with Crippen molar-refractivity contribution < 1.29 is 24.5 Å². The molecule has 2 N–H and O–H groups in total. The minimum Gasteiger partial charge on any atom is -0.493 e. The Labute approximate surface area is 105 Å². The molecule has 0 fully saturated rings. The van der Waals surface area contributed by atoms with Crippen LogP contribution in [-0.2, 0) is 4.79 Å². The Morgan fingerprint density at radius 3 is 2.56 bits per heavy atom. The predicted octanol–water partition coefficient (Wildman–Crippen LogP) is 0.639. The molecule has 0 aliphatic carbocycles. The Hall–Kier alpha value is -1.85. The summed E-state index contributed by atoms with van der Waals surface area (Å²) in [5.74, 6) is 0.892. The number of methoxy groups -OCH3 is 1. The fourth-order valence-electron chi connectivity index (χ4n) is 1.35. The van der Waals surface area contributed by atoms with Gasteiger partial charge in [0.2, 0.25) is 0 Å². The van der Waals surface area contributed by atoms with Gasteiger partial charge in [-0.15, -0.1) is 0 Å². The molecule has 5 nitrogen and oxygen atoms in total. The summed E-state index contributed by atoms with van der Waals surface area (Å²) in [6.07, 6.45) is 3.01. The van der Waals surface area contributed by atoms with Gasteiger partial charge >= 0.3 is 0 Å². The van der Waals surface area contributed by atoms with Crippen LogP contribution >= 0.6 is 0 Å². The van der Waals surface area contributed by atoms with Crippen molar-refractivity contribution >= 4 is 12.4 Å². The zero-order chi connectivity index (χ0) is 13.4. The summed E-state index contributed by atoms with van der Waals surface area (Å²) in [7, 11) is 1.49. The van der Waals surface area contributed by atoms with Crippen LogP contribution in [0.3, 0.4) is 0 Å². The van der Waals surface area contributed by atoms with E-state index in [9.17, 15) is 4.79 Å². The van der Waals surface area contributed by atoms with Gasteiger partial charge in [-0.1, -0.05) is 12.1 Å². The second-order valence-corrected chi connectivity index (χ2v) is 3.51. The lowest BCUT2D eigenvalue weighted by Gasteiger charge is -2.16. The molecule has 0 atom stereocenters. The van der Waals surface area contributed by atoms with Crippen molar-refractivity contribution in [2.45, 2.75) is 6.10 Å². The Balaban J connectivity index is 2.92. The molecule has 0 radical (unpaired) electrons. The van der Waals surface area contributed by atoms with Crippen molar-refractivity contribution in [3.63, 3.8) is 0 Å². The highest BCUT2D eigenvalue weighted by Crippen LogP contribution is 2.29. The third-order valence-corrected chi connectivity index (χ3v) is 2.26. The highest BCUT2D eigenvalue weighted by Gasteiger charge is 2.11. The van der Waals surface area contributed by atoms with Crippen molar-refractivity contribution in [1.29, 1.82) is 0 Å². The Morgan fingerprint density at radius 2 is 2.00 bits per heavy atom. The maximum atomic E-state index is 10.2. The lowest BCUT2D eigenvalue weighted by atomic mass is 10.2. The summed E-state index contributed by atoms with van der Waals surface area (Å²) in [5.41, 5.74) is 0.788. The number of aliphatic hydroxyl groups excluding tert-OH is 2. The fourth-order valence-corrected chi connectivity index (χ4v) is 1.35. The van der Waals surface area contributed by atoms with Crippen LogP contribution in [0.5, 0.6) is 11.5 Å². The van der Waals surface area contributed by atoms with E-state index in [1.54, 1.807) is 24.3 Å². The molecule has 0 aliphatic rings. The highest BCUT2D eigenvalue weighted by atomic mass is 16.5. The molecule has 0 unspecified atom stereocenters. The number of rotatable bonds is 7. The zero-order valence-electron chi connectivity index (χ0n) is 10.1. The van der Waals surface area contributed by atoms with E-state index in [1.807, 2.05) is 0 Å². The number of hydrogen-bond donors (Lipinski definition) is 2. The van der Waals surface area contributed by atoms with E-state index in [4.69, 9.17) is 19.7 Å². The standard InChI is InChI=1S/C13H16O5/c1-17-13-7-10(3-2-6-14)4-5-12(13)18-11(8-15)9-16/h2-7,11,15-16H,8-9H2,1H3/b3-2+. The third-order valence-electron chi connectivity index (χ3n) is 2.26. The molecule has 0 bridgehead atoms. The summed E-state index contributed by atoms with van der Waals surface area (Å²) in [6, 6.07) is 5.09. The van der Waals surface area contributed by atoms with Gasteiger partial charge in [0, 0.05) is 0 Å². The second-order valence-electron chi connectivity index (χ2n) is 3.51. The van der Waals surface area contributed by atoms with E-state index >= 15 is 0 Å². The van der Waals surface area contributed by atoms with Crippen molar-refractivity contribution in [3.05, 3.63) is 29.8 Å². The average molecular weight is 252 g/mol. The van der Waals surface area contributed by atoms with E-state index in [0.717, 1.165) is 5.56 Å². The first-order chi connectivity index (χ1) is 8.74. The minimum absolute atomic E-state index is 0.285. The van der Waals surface area contributed by atoms with Crippen LogP contribution in [-0.4, -0.2) is 42.9 Å². The lowest BCUT2D eigenvalue weighted by molar-refractivity contribution is -0.104. The summed E-state index contributed by atoms with van der Waals surface area (Å²) in [4.78, 5) is 10.2. The van der Waals surface area contributed by atoms with Gasteiger partial charge in [-0.2, -0.15) is 0 Å². The molecule has 0 aromatic heterocycles. The number of benzene rings is 1. The smallest absolute Gasteiger partial charge is 0.161 e. The molecule has 1 aromatic rings. The molecule has 0 amide bonds. The monoisotopic (exact) mass is 252 g/mol. The first kappa shape index (κ1) is 14.2. The SMILES string of the molecule is COc1cc(/C=C/C=O)ccc1OC(CO)CO. The molecule has 18 heavy (non-hydrogen) atoms. The predicted molar refractivity (Wildman–Crippen MR) is 66.7 cm³/mol. The molecule has 0 heterocycles. The molecule has 5 heteroatoms. The normalized spacial score (nSPS) is 10.9. The lowest BCUT2D eigenvalue weighted by Crippen LogP contribution is -2.25. The number of allylic oxidation sites excluding steroid dienone is 1. The van der Waals surface area contributed by atoms with Crippen LogP contribution < -0.4 is 9.47 Å². The van der Waals surface area contributed by atoms with Gasteiger partial charge in [0.05, 0.1) is 20.3 Å². The molecular weight excluding hydrogens is 236 g/mol. The van der Waals surface area contributed by atoms with E-state index < -0.39 is 6.10 Å². The molecule has 1 aromatic carbocycles. The van der Waals surface area contributed by atoms with Gasteiger partial charge in [-0.25, -0.2) is 0 Å². The van der Waals surface area contributed by atoms with Gasteiger partial charge in [-0.3, -0.25) is 4.79 Å². The van der Waals surface area contributed by atoms with Crippen molar-refractivity contribution in [3.8, 4) is 11.5 Å². The Morgan fingerprint density at radius 1 is 1.28 bits per heavy atom. The minimum atomic E-state index is -0.685. The molecule has 0 saturated heterocycles. The number of hydrogen-bond acceptors (Lipinski definition) is 5. The van der Waals surface area contributed by atoms with Gasteiger partial charge in [-0.05, 0) is 23.8 Å². The number of aliphatic hydroxyl groups is 2. The molecule has 0 spiro atoms. The van der Waals surface area contributed by atoms with E-state index in [0.29, 0.717) is 17.8 Å². The fraction of sp³-hybridized carbons (Fsp3) is 0.308. The van der Waals surface area contributed by atoms with Gasteiger partial charge in [0.15, 0.2) is 11.5 Å². The Kier molecular flexibility index (Phi) is 5.90. The van der Waals surface area contributed by atoms with Gasteiger partial charge < -0.3 is 19.7 Å². The Bertz CT molecular complexity index is 410. The average Bonchev–Trinajstić information content (AvgIpc) is 2.43. The summed E-state index contributed by atoms with van der Waals surface area (Å²) < 4.78 is 10.5. The van der Waals surface area contributed by atoms with E-state index in [1.165, 1.54) is 13.2 Å². The highest BCUT2D eigenvalue weighted by molar-refractivity contribution is 5.74. The summed E-state index contributed by atoms with van der Waals surface area (Å²) >= 11 is 0. The third kappa shape index (κ3) is 3.87. The quantitative estimate of drug-likeness (QED) is 0.550. The number of ether oxygens (including phenoxy) is 2. The van der Waals surface area contributed by atoms with Crippen LogP contribution in [0.15, 0.2) is 24.3 Å². The largest absolute Gasteiger partial charge is 0.493 e. The number of carbonyl (C=O) groups is 1. The van der Waals surface area contributed by atoms with Crippen molar-refractivity contribution in [1.82, 2.24) is 0 Å². The first-order valence-electron chi connectivity index (χ1n) is 5.43. The summed E-state index contributed by atoms with van der Waals surface area (Å²) in [5, 5.41) is 17.9. The van der Waals surface area contributed by atoms with Crippen LogP contribution in [0.1, 0.15) is 5.56 Å². The molecule has 98 valence electrons. The zero-order valence-corrected chi connectivity index (χ0v) is 10.1. The van der Waals surface area contributed by atoms with Gasteiger partial charge in [0.25, 0.3) is 0 Å². The molecular formula is C13H16O5. The summed E-state index contributed by atoms with van der Waals surface area (Å²) in [6.45, 7) is -0.571. The second kappa shape index (κ2) is 7.47. The topological polar surface area (TPSA) is 76.0 Å². The van der Waals surface area contributed by atoms with Crippen LogP contribution in [0.2, 0.25) is 0 Å². The number of aldehydes is 1.